The summed E-state index contributed by atoms with van der Waals surface area (Å²) in [6.45, 7) is 5.07. The lowest BCUT2D eigenvalue weighted by molar-refractivity contribution is -0.0687. The van der Waals surface area contributed by atoms with Crippen LogP contribution in [0.15, 0.2) is 6.20 Å². The Hall–Kier alpha value is -3.81. The number of hydrogen-bond donors (Lipinski definition) is 1. The molecule has 2 unspecified atom stereocenters. The number of alkyl halides is 1. The second kappa shape index (κ2) is 11.9. The van der Waals surface area contributed by atoms with Crippen molar-refractivity contribution in [1.29, 1.82) is 5.26 Å². The number of nitrogens with zero attached hydrogens (tertiary/aromatic N) is 7. The number of rotatable bonds is 7. The monoisotopic (exact) mass is 718 g/mol. The number of halogens is 3. The highest BCUT2D eigenvalue weighted by Gasteiger charge is 2.50. The van der Waals surface area contributed by atoms with Gasteiger partial charge in [-0.15, -0.1) is 11.3 Å². The van der Waals surface area contributed by atoms with E-state index in [9.17, 15) is 9.65 Å². The number of ether oxygens (including phenoxy) is 3. The molecule has 0 radical (unpaired) electrons. The van der Waals surface area contributed by atoms with Gasteiger partial charge in [-0.1, -0.05) is 0 Å². The number of aromatic nitrogens is 3. The maximum absolute atomic E-state index is 17.5. The predicted molar refractivity (Wildman–Crippen MR) is 184 cm³/mol. The van der Waals surface area contributed by atoms with Crippen LogP contribution >= 0.6 is 11.3 Å². The van der Waals surface area contributed by atoms with Gasteiger partial charge in [0.2, 0.25) is 0 Å². The summed E-state index contributed by atoms with van der Waals surface area (Å²) in [5.41, 5.74) is 7.35. The number of anilines is 2. The number of nitriles is 1. The molecule has 2 N–H and O–H groups in total. The molecule has 10 rings (SSSR count). The van der Waals surface area contributed by atoms with E-state index in [0.29, 0.717) is 29.7 Å². The van der Waals surface area contributed by atoms with Crippen molar-refractivity contribution in [2.75, 3.05) is 56.6 Å². The SMILES string of the molecule is N#Cc1c(N)sc2c(F)cnc(-c3c4c(c5c(N6C7CCC6CN(C[C@H]6CCO6)C7)nc(OC[C@@]67CCCN6C[C@H](F)C7)nc5c3F)COC4)c12. The summed E-state index contributed by atoms with van der Waals surface area (Å²) in [6, 6.07) is 2.40. The summed E-state index contributed by atoms with van der Waals surface area (Å²) in [5, 5.41) is 10.9. The summed E-state index contributed by atoms with van der Waals surface area (Å²) < 4.78 is 65.6. The van der Waals surface area contributed by atoms with E-state index in [-0.39, 0.29) is 81.4 Å². The van der Waals surface area contributed by atoms with Gasteiger partial charge in [0.25, 0.3) is 0 Å². The van der Waals surface area contributed by atoms with Gasteiger partial charge in [-0.3, -0.25) is 14.8 Å². The second-order valence-corrected chi connectivity index (χ2v) is 16.0. The molecule has 0 amide bonds. The summed E-state index contributed by atoms with van der Waals surface area (Å²) >= 11 is 0.939. The van der Waals surface area contributed by atoms with Gasteiger partial charge in [0.05, 0.1) is 52.4 Å². The van der Waals surface area contributed by atoms with Crippen LogP contribution in [0.4, 0.5) is 24.0 Å². The fraction of sp³-hybridized carbons (Fsp3) is 0.556. The number of likely N-dealkylation sites (tertiary alicyclic amines) is 1. The van der Waals surface area contributed by atoms with Crippen molar-refractivity contribution < 1.29 is 27.4 Å². The van der Waals surface area contributed by atoms with Crippen LogP contribution in [0.3, 0.4) is 0 Å². The van der Waals surface area contributed by atoms with Gasteiger partial charge in [-0.2, -0.15) is 15.2 Å². The van der Waals surface area contributed by atoms with Crippen molar-refractivity contribution in [3.05, 3.63) is 34.5 Å². The minimum Gasteiger partial charge on any atom is -0.461 e. The van der Waals surface area contributed by atoms with Crippen molar-refractivity contribution in [3.63, 3.8) is 0 Å². The minimum absolute atomic E-state index is 0.0316. The lowest BCUT2D eigenvalue weighted by Gasteiger charge is -2.44. The molecule has 266 valence electrons. The van der Waals surface area contributed by atoms with Crippen LogP contribution in [0.25, 0.3) is 32.2 Å². The Morgan fingerprint density at radius 1 is 1.10 bits per heavy atom. The molecule has 51 heavy (non-hydrogen) atoms. The summed E-state index contributed by atoms with van der Waals surface area (Å²) in [4.78, 5) is 21.2. The molecular weight excluding hydrogens is 682 g/mol. The minimum atomic E-state index is -0.925. The first-order chi connectivity index (χ1) is 24.8. The van der Waals surface area contributed by atoms with Gasteiger partial charge in [0.15, 0.2) is 11.6 Å². The van der Waals surface area contributed by atoms with E-state index in [1.807, 2.05) is 0 Å². The molecule has 4 aromatic rings. The standard InChI is InChI=1S/C36H37F3N8O3S/c37-18-8-36(5-1-6-46(36)11-18)17-50-35-43-31-28(34(44-35)47-19-2-3-20(47)13-45(12-19)14-21-4-7-49-21)24-16-48-15-23(24)26(29(31)39)30-27-22(9-40)33(41)51-32(27)25(38)10-42-30/h10,18-21H,1-8,11-17,41H2/t18-,19?,20?,21-,36+/m1/s1. The van der Waals surface area contributed by atoms with Crippen molar-refractivity contribution in [3.8, 4) is 23.3 Å². The molecular formula is C36H37F3N8O3S. The first kappa shape index (κ1) is 31.9. The van der Waals surface area contributed by atoms with Gasteiger partial charge in [0.1, 0.15) is 35.2 Å². The third-order valence-corrected chi connectivity index (χ3v) is 13.1. The van der Waals surface area contributed by atoms with Crippen molar-refractivity contribution in [2.24, 2.45) is 0 Å². The first-order valence-corrected chi connectivity index (χ1v) is 18.7. The topological polar surface area (TPSA) is 126 Å². The molecule has 0 aliphatic carbocycles. The van der Waals surface area contributed by atoms with Crippen LogP contribution in [0.2, 0.25) is 0 Å². The van der Waals surface area contributed by atoms with E-state index in [4.69, 9.17) is 29.9 Å². The second-order valence-electron chi connectivity index (χ2n) is 15.0. The van der Waals surface area contributed by atoms with Gasteiger partial charge >= 0.3 is 6.01 Å². The highest BCUT2D eigenvalue weighted by atomic mass is 32.1. The average molecular weight is 719 g/mol. The maximum Gasteiger partial charge on any atom is 0.319 e. The molecule has 11 nitrogen and oxygen atoms in total. The van der Waals surface area contributed by atoms with Gasteiger partial charge in [0, 0.05) is 62.2 Å². The Bertz CT molecular complexity index is 2130. The molecule has 3 aromatic heterocycles. The molecule has 15 heteroatoms. The average Bonchev–Trinajstić information content (AvgIpc) is 3.90. The fourth-order valence-electron chi connectivity index (χ4n) is 9.73. The molecule has 5 fully saturated rings. The van der Waals surface area contributed by atoms with E-state index < -0.39 is 23.3 Å². The van der Waals surface area contributed by atoms with Crippen molar-refractivity contribution in [2.45, 2.75) is 81.6 Å². The first-order valence-electron chi connectivity index (χ1n) is 17.9. The molecule has 9 heterocycles. The summed E-state index contributed by atoms with van der Waals surface area (Å²) in [6.07, 6.45) is 5.55. The van der Waals surface area contributed by atoms with E-state index in [0.717, 1.165) is 88.0 Å². The Kier molecular flexibility index (Phi) is 7.41. The Labute approximate surface area is 296 Å². The zero-order chi connectivity index (χ0) is 34.6. The van der Waals surface area contributed by atoms with E-state index in [1.54, 1.807) is 0 Å². The highest BCUT2D eigenvalue weighted by Crippen LogP contribution is 2.48. The van der Waals surface area contributed by atoms with Crippen molar-refractivity contribution in [1.82, 2.24) is 24.8 Å². The lowest BCUT2D eigenvalue weighted by atomic mass is 9.93. The van der Waals surface area contributed by atoms with E-state index in [1.165, 1.54) is 0 Å². The maximum atomic E-state index is 17.5. The van der Waals surface area contributed by atoms with Gasteiger partial charge < -0.3 is 24.8 Å². The largest absolute Gasteiger partial charge is 0.461 e. The highest BCUT2D eigenvalue weighted by molar-refractivity contribution is 7.23. The molecule has 0 saturated carbocycles. The number of pyridine rings is 1. The molecule has 2 bridgehead atoms. The van der Waals surface area contributed by atoms with Gasteiger partial charge in [-0.05, 0) is 49.8 Å². The van der Waals surface area contributed by atoms with E-state index in [2.05, 4.69) is 25.8 Å². The third kappa shape index (κ3) is 4.86. The van der Waals surface area contributed by atoms with Crippen LogP contribution in [0, 0.1) is 23.0 Å². The number of hydrogen-bond acceptors (Lipinski definition) is 12. The summed E-state index contributed by atoms with van der Waals surface area (Å²) in [7, 11) is 0. The van der Waals surface area contributed by atoms with Crippen LogP contribution < -0.4 is 15.4 Å². The van der Waals surface area contributed by atoms with Crippen LogP contribution in [0.5, 0.6) is 6.01 Å². The molecule has 5 saturated heterocycles. The lowest BCUT2D eigenvalue weighted by Crippen LogP contribution is -2.56. The molecule has 5 atom stereocenters. The quantitative estimate of drug-likeness (QED) is 0.276. The summed E-state index contributed by atoms with van der Waals surface area (Å²) in [5.74, 6) is -0.697. The molecule has 1 aromatic carbocycles. The van der Waals surface area contributed by atoms with Crippen LogP contribution in [0.1, 0.15) is 55.2 Å². The molecule has 0 spiro atoms. The number of benzene rings is 1. The number of fused-ring (bicyclic) bond motifs is 7. The molecule has 6 aliphatic rings. The zero-order valence-electron chi connectivity index (χ0n) is 28.0. The fourth-order valence-corrected chi connectivity index (χ4v) is 10.6. The Morgan fingerprint density at radius 3 is 2.67 bits per heavy atom. The smallest absolute Gasteiger partial charge is 0.319 e. The zero-order valence-corrected chi connectivity index (χ0v) is 28.8. The third-order valence-electron chi connectivity index (χ3n) is 12.1. The predicted octanol–water partition coefficient (Wildman–Crippen LogP) is 5.07. The van der Waals surface area contributed by atoms with Gasteiger partial charge in [-0.25, -0.2) is 13.2 Å². The Balaban J connectivity index is 1.14. The normalized spacial score (nSPS) is 28.8. The number of thiophene rings is 1. The molecule has 6 aliphatic heterocycles. The van der Waals surface area contributed by atoms with E-state index >= 15 is 8.78 Å². The van der Waals surface area contributed by atoms with Crippen LogP contribution in [-0.4, -0.2) is 101 Å². The number of piperazine rings is 1. The number of nitrogens with two attached hydrogens (primary N) is 1. The Morgan fingerprint density at radius 2 is 1.90 bits per heavy atom. The van der Waals surface area contributed by atoms with Crippen molar-refractivity contribution >= 4 is 43.1 Å². The van der Waals surface area contributed by atoms with Crippen LogP contribution in [-0.2, 0) is 22.7 Å². The number of nitrogen functional groups attached to an aromatic ring is 1.